The Labute approximate surface area is 321 Å². The Morgan fingerprint density at radius 1 is 0.679 bits per heavy atom. The molecule has 0 aromatic heterocycles. The number of quaternary nitrogens is 1. The number of nitrogens with two attached hydrogens (primary N) is 1. The molecule has 2 unspecified atom stereocenters. The number of rotatable bonds is 12. The van der Waals surface area contributed by atoms with Gasteiger partial charge in [-0.2, -0.15) is 39.5 Å². The molecule has 0 fully saturated rings. The summed E-state index contributed by atoms with van der Waals surface area (Å²) in [6.07, 6.45) is -18.9. The van der Waals surface area contributed by atoms with E-state index in [-0.39, 0.29) is 69.6 Å². The van der Waals surface area contributed by atoms with Crippen LogP contribution in [0.4, 0.5) is 48.7 Å². The lowest BCUT2D eigenvalue weighted by Crippen LogP contribution is -3.00. The van der Waals surface area contributed by atoms with Gasteiger partial charge in [0.1, 0.15) is 24.2 Å². The van der Waals surface area contributed by atoms with E-state index in [2.05, 4.69) is 0 Å². The molecule has 4 aromatic rings. The standard InChI is InChI=1S/C38H35F10NO6.ClH/c1-19(2)27-16-28(32(53-6)17-29(27)39)26-11-10-23(36(40,41)42)14-22(26)18-49-20(3)33(21-12-24(37(43,44)45)15-25(13-21)38(46,47)48)54-35(50)55-34-30(51-4)8-7-9-31(34)52-5;/h7-17,19-20,33,49H,18H2,1-6H3;1H. The lowest BCUT2D eigenvalue weighted by Gasteiger charge is -2.25. The van der Waals surface area contributed by atoms with Gasteiger partial charge in [0.2, 0.25) is 5.75 Å². The highest BCUT2D eigenvalue weighted by Crippen LogP contribution is 2.42. The Hall–Kier alpha value is -4.90. The molecule has 18 heteroatoms. The molecule has 306 valence electrons. The Morgan fingerprint density at radius 3 is 1.70 bits per heavy atom. The molecule has 0 aliphatic heterocycles. The van der Waals surface area contributed by atoms with Gasteiger partial charge in [0.25, 0.3) is 0 Å². The van der Waals surface area contributed by atoms with Crippen molar-refractivity contribution in [1.29, 1.82) is 0 Å². The maximum atomic E-state index is 14.9. The first-order valence-electron chi connectivity index (χ1n) is 16.4. The van der Waals surface area contributed by atoms with Crippen LogP contribution in [0.5, 0.6) is 23.0 Å². The first kappa shape index (κ1) is 45.5. The second-order valence-electron chi connectivity index (χ2n) is 12.6. The molecular formula is C38H36ClF10NO6. The van der Waals surface area contributed by atoms with Gasteiger partial charge in [0, 0.05) is 17.2 Å². The van der Waals surface area contributed by atoms with Gasteiger partial charge >= 0.3 is 24.7 Å². The zero-order chi connectivity index (χ0) is 41.0. The number of carbonyl (C=O) groups excluding carboxylic acids is 1. The molecule has 0 radical (unpaired) electrons. The Morgan fingerprint density at radius 2 is 1.21 bits per heavy atom. The van der Waals surface area contributed by atoms with Crippen LogP contribution in [0.25, 0.3) is 11.1 Å². The Balaban J connectivity index is 0.00000841. The lowest BCUT2D eigenvalue weighted by atomic mass is 9.92. The molecule has 0 aliphatic carbocycles. The van der Waals surface area contributed by atoms with Gasteiger partial charge in [-0.1, -0.05) is 26.0 Å². The second-order valence-corrected chi connectivity index (χ2v) is 12.6. The molecule has 2 N–H and O–H groups in total. The van der Waals surface area contributed by atoms with Gasteiger partial charge in [-0.3, -0.25) is 0 Å². The zero-order valence-electron chi connectivity index (χ0n) is 30.5. The van der Waals surface area contributed by atoms with Crippen molar-refractivity contribution in [2.45, 2.75) is 63.9 Å². The van der Waals surface area contributed by atoms with Gasteiger partial charge < -0.3 is 41.4 Å². The SMILES string of the molecule is COc1cc(F)c(C(C)C)cc1-c1ccc(C(F)(F)F)cc1C[NH2+]C(C)C(OC(=O)Oc1c(OC)cccc1OC)c1cc(C(F)(F)F)cc(C(F)(F)F)c1.[Cl-]. The van der Waals surface area contributed by atoms with E-state index in [4.69, 9.17) is 23.7 Å². The van der Waals surface area contributed by atoms with E-state index < -0.39 is 71.4 Å². The number of ether oxygens (including phenoxy) is 5. The van der Waals surface area contributed by atoms with Crippen LogP contribution in [0.15, 0.2) is 66.7 Å². The van der Waals surface area contributed by atoms with Crippen molar-refractivity contribution in [2.75, 3.05) is 21.3 Å². The molecule has 0 saturated carbocycles. The molecular weight excluding hydrogens is 792 g/mol. The molecule has 0 spiro atoms. The maximum Gasteiger partial charge on any atom is 0.514 e. The van der Waals surface area contributed by atoms with E-state index in [0.29, 0.717) is 12.1 Å². The van der Waals surface area contributed by atoms with Crippen LogP contribution in [-0.4, -0.2) is 33.5 Å². The second kappa shape index (κ2) is 17.9. The summed E-state index contributed by atoms with van der Waals surface area (Å²) in [4.78, 5) is 13.3. The highest BCUT2D eigenvalue weighted by atomic mass is 35.5. The first-order chi connectivity index (χ1) is 25.6. The quantitative estimate of drug-likeness (QED) is 0.0933. The summed E-state index contributed by atoms with van der Waals surface area (Å²) in [5, 5.41) is 1.26. The van der Waals surface area contributed by atoms with Gasteiger partial charge in [-0.15, -0.1) is 0 Å². The lowest BCUT2D eigenvalue weighted by molar-refractivity contribution is -0.708. The van der Waals surface area contributed by atoms with E-state index in [9.17, 15) is 48.7 Å². The molecule has 0 heterocycles. The zero-order valence-corrected chi connectivity index (χ0v) is 31.2. The Bertz CT molecular complexity index is 1950. The number of halogens is 11. The third kappa shape index (κ3) is 10.7. The number of hydrogen-bond donors (Lipinski definition) is 1. The number of carbonyl (C=O) groups is 1. The van der Waals surface area contributed by atoms with Crippen molar-refractivity contribution < 1.29 is 90.1 Å². The van der Waals surface area contributed by atoms with Crippen molar-refractivity contribution in [3.05, 3.63) is 106 Å². The average molecular weight is 828 g/mol. The van der Waals surface area contributed by atoms with Gasteiger partial charge in [-0.25, -0.2) is 9.18 Å². The predicted octanol–water partition coefficient (Wildman–Crippen LogP) is 7.11. The average Bonchev–Trinajstić information content (AvgIpc) is 3.11. The summed E-state index contributed by atoms with van der Waals surface area (Å²) in [5.74, 6) is -1.40. The van der Waals surface area contributed by atoms with Gasteiger partial charge in [0.15, 0.2) is 17.6 Å². The number of methoxy groups -OCH3 is 3. The molecule has 0 saturated heterocycles. The molecule has 0 amide bonds. The normalized spacial score (nSPS) is 13.1. The third-order valence-electron chi connectivity index (χ3n) is 8.58. The fraction of sp³-hybridized carbons (Fsp3) is 0.342. The Kier molecular flexibility index (Phi) is 14.6. The fourth-order valence-corrected chi connectivity index (χ4v) is 5.78. The molecule has 56 heavy (non-hydrogen) atoms. The summed E-state index contributed by atoms with van der Waals surface area (Å²) < 4.78 is 167. The van der Waals surface area contributed by atoms with E-state index >= 15 is 0 Å². The minimum Gasteiger partial charge on any atom is -1.00 e. The van der Waals surface area contributed by atoms with Crippen LogP contribution < -0.4 is 36.7 Å². The smallest absolute Gasteiger partial charge is 0.514 e. The van der Waals surface area contributed by atoms with Crippen LogP contribution in [0, 0.1) is 5.82 Å². The summed E-state index contributed by atoms with van der Waals surface area (Å²) in [5.41, 5.74) is -4.66. The summed E-state index contributed by atoms with van der Waals surface area (Å²) in [7, 11) is 3.68. The largest absolute Gasteiger partial charge is 1.00 e. The highest BCUT2D eigenvalue weighted by Gasteiger charge is 2.40. The number of para-hydroxylation sites is 1. The molecule has 0 aliphatic rings. The molecule has 4 aromatic carbocycles. The van der Waals surface area contributed by atoms with Crippen molar-refractivity contribution >= 4 is 6.16 Å². The number of benzene rings is 4. The van der Waals surface area contributed by atoms with E-state index in [0.717, 1.165) is 24.3 Å². The maximum absolute atomic E-state index is 14.9. The van der Waals surface area contributed by atoms with E-state index in [1.165, 1.54) is 57.8 Å². The van der Waals surface area contributed by atoms with E-state index in [1.54, 1.807) is 13.8 Å². The molecule has 0 bridgehead atoms. The van der Waals surface area contributed by atoms with Crippen LogP contribution >= 0.6 is 0 Å². The fourth-order valence-electron chi connectivity index (χ4n) is 5.78. The molecule has 2 atom stereocenters. The van der Waals surface area contributed by atoms with Crippen molar-refractivity contribution in [2.24, 2.45) is 0 Å². The minimum absolute atomic E-state index is 0. The topological polar surface area (TPSA) is 79.8 Å². The van der Waals surface area contributed by atoms with E-state index in [1.807, 2.05) is 0 Å². The van der Waals surface area contributed by atoms with Gasteiger partial charge in [0.05, 0.1) is 38.0 Å². The highest BCUT2D eigenvalue weighted by molar-refractivity contribution is 5.75. The summed E-state index contributed by atoms with van der Waals surface area (Å²) >= 11 is 0. The van der Waals surface area contributed by atoms with Crippen molar-refractivity contribution in [3.8, 4) is 34.1 Å². The summed E-state index contributed by atoms with van der Waals surface area (Å²) in [6, 6.07) is 8.80. The molecule has 4 rings (SSSR count). The van der Waals surface area contributed by atoms with Crippen LogP contribution in [0.1, 0.15) is 66.2 Å². The predicted molar refractivity (Wildman–Crippen MR) is 178 cm³/mol. The number of hydrogen-bond acceptors (Lipinski definition) is 6. The first-order valence-corrected chi connectivity index (χ1v) is 16.4. The third-order valence-corrected chi connectivity index (χ3v) is 8.58. The monoisotopic (exact) mass is 827 g/mol. The molecule has 7 nitrogen and oxygen atoms in total. The van der Waals surface area contributed by atoms with Crippen molar-refractivity contribution in [1.82, 2.24) is 0 Å². The van der Waals surface area contributed by atoms with Crippen LogP contribution in [0.2, 0.25) is 0 Å². The van der Waals surface area contributed by atoms with Gasteiger partial charge in [-0.05, 0) is 78.1 Å². The van der Waals surface area contributed by atoms with Crippen molar-refractivity contribution in [3.63, 3.8) is 0 Å². The number of alkyl halides is 9. The van der Waals surface area contributed by atoms with Crippen LogP contribution in [0.3, 0.4) is 0 Å². The summed E-state index contributed by atoms with van der Waals surface area (Å²) in [6.45, 7) is 4.27. The minimum atomic E-state index is -5.27. The van der Waals surface area contributed by atoms with Crippen LogP contribution in [-0.2, 0) is 29.8 Å².